The van der Waals surface area contributed by atoms with E-state index in [1.165, 1.54) is 37.4 Å². The maximum absolute atomic E-state index is 12.8. The molecule has 2 N–H and O–H groups in total. The molecular weight excluding hydrogens is 334 g/mol. The number of phenolic OH excluding ortho intramolecular Hbond substituents is 1. The van der Waals surface area contributed by atoms with E-state index in [1.54, 1.807) is 12.1 Å². The number of ketones is 2. The van der Waals surface area contributed by atoms with Crippen molar-refractivity contribution in [1.29, 1.82) is 0 Å². The van der Waals surface area contributed by atoms with Crippen molar-refractivity contribution in [1.82, 2.24) is 5.48 Å². The lowest BCUT2D eigenvalue weighted by atomic mass is 9.86. The highest BCUT2D eigenvalue weighted by Gasteiger charge is 2.24. The smallest absolute Gasteiger partial charge is 0.275 e. The number of hydrogen-bond donors (Lipinski definition) is 2. The summed E-state index contributed by atoms with van der Waals surface area (Å²) >= 11 is 0. The summed E-state index contributed by atoms with van der Waals surface area (Å²) in [5, 5.41) is 9.69. The molecule has 26 heavy (non-hydrogen) atoms. The Kier molecular flexibility index (Phi) is 5.57. The maximum Gasteiger partial charge on any atom is 0.275 e. The van der Waals surface area contributed by atoms with E-state index in [0.717, 1.165) is 0 Å². The Morgan fingerprint density at radius 3 is 2.04 bits per heavy atom. The van der Waals surface area contributed by atoms with Gasteiger partial charge in [0.2, 0.25) is 0 Å². The molecule has 0 fully saturated rings. The predicted molar refractivity (Wildman–Crippen MR) is 96.2 cm³/mol. The third kappa shape index (κ3) is 4.15. The van der Waals surface area contributed by atoms with Crippen LogP contribution in [0.25, 0.3) is 0 Å². The van der Waals surface area contributed by atoms with Crippen LogP contribution in [0.5, 0.6) is 5.75 Å². The number of Topliss-reactive ketones (excluding diaryl/α,β-unsaturated/α-hetero) is 1. The minimum Gasteiger partial charge on any atom is -0.508 e. The highest BCUT2D eigenvalue weighted by molar-refractivity contribution is 6.15. The van der Waals surface area contributed by atoms with Crippen molar-refractivity contribution in [2.45, 2.75) is 20.8 Å². The van der Waals surface area contributed by atoms with E-state index in [2.05, 4.69) is 10.3 Å². The number of carbonyl (C=O) groups is 3. The molecule has 0 aliphatic rings. The first-order chi connectivity index (χ1) is 12.1. The van der Waals surface area contributed by atoms with Crippen molar-refractivity contribution in [2.24, 2.45) is 5.41 Å². The number of carbonyl (C=O) groups excluding carboxylic acids is 3. The first-order valence-electron chi connectivity index (χ1n) is 8.01. The highest BCUT2D eigenvalue weighted by Crippen LogP contribution is 2.23. The molecule has 136 valence electrons. The lowest BCUT2D eigenvalue weighted by Gasteiger charge is -2.16. The van der Waals surface area contributed by atoms with Crippen LogP contribution in [0.15, 0.2) is 42.5 Å². The number of nitrogens with one attached hydrogen (secondary N) is 1. The van der Waals surface area contributed by atoms with Crippen molar-refractivity contribution in [3.63, 3.8) is 0 Å². The fraction of sp³-hybridized carbons (Fsp3) is 0.250. The van der Waals surface area contributed by atoms with E-state index in [9.17, 15) is 19.5 Å². The van der Waals surface area contributed by atoms with Crippen molar-refractivity contribution in [3.05, 3.63) is 64.7 Å². The maximum atomic E-state index is 12.8. The van der Waals surface area contributed by atoms with Gasteiger partial charge >= 0.3 is 0 Å². The van der Waals surface area contributed by atoms with Crippen LogP contribution >= 0.6 is 0 Å². The monoisotopic (exact) mass is 355 g/mol. The zero-order valence-corrected chi connectivity index (χ0v) is 15.1. The standard InChI is InChI=1S/C20H21NO5/c1-20(2,3)18(24)13-7-5-12(6-8-13)17(23)16-11-14(22)9-10-15(16)19(25)21-26-4/h5-11,22H,1-4H3,(H,21,25). The summed E-state index contributed by atoms with van der Waals surface area (Å²) in [7, 11) is 1.28. The molecule has 0 spiro atoms. The molecular formula is C20H21NO5. The Hall–Kier alpha value is -2.99. The van der Waals surface area contributed by atoms with E-state index in [0.29, 0.717) is 11.1 Å². The van der Waals surface area contributed by atoms with E-state index in [4.69, 9.17) is 0 Å². The van der Waals surface area contributed by atoms with Gasteiger partial charge in [-0.05, 0) is 18.2 Å². The van der Waals surface area contributed by atoms with Crippen LogP contribution in [0.2, 0.25) is 0 Å². The molecule has 0 aliphatic heterocycles. The Morgan fingerprint density at radius 2 is 1.50 bits per heavy atom. The van der Waals surface area contributed by atoms with Gasteiger partial charge in [0.15, 0.2) is 11.6 Å². The Morgan fingerprint density at radius 1 is 0.923 bits per heavy atom. The highest BCUT2D eigenvalue weighted by atomic mass is 16.6. The van der Waals surface area contributed by atoms with Crippen molar-refractivity contribution >= 4 is 17.5 Å². The number of rotatable bonds is 5. The van der Waals surface area contributed by atoms with Gasteiger partial charge in [-0.3, -0.25) is 19.2 Å². The average Bonchev–Trinajstić information content (AvgIpc) is 2.60. The largest absolute Gasteiger partial charge is 0.508 e. The van der Waals surface area contributed by atoms with E-state index in [1.807, 2.05) is 20.8 Å². The number of phenols is 1. The van der Waals surface area contributed by atoms with Gasteiger partial charge in [0.1, 0.15) is 5.75 Å². The summed E-state index contributed by atoms with van der Waals surface area (Å²) in [5.41, 5.74) is 2.54. The number of hydrogen-bond acceptors (Lipinski definition) is 5. The van der Waals surface area contributed by atoms with Gasteiger partial charge in [0.25, 0.3) is 5.91 Å². The number of hydroxylamine groups is 1. The van der Waals surface area contributed by atoms with E-state index >= 15 is 0 Å². The fourth-order valence-corrected chi connectivity index (χ4v) is 2.43. The number of aromatic hydroxyl groups is 1. The molecule has 0 radical (unpaired) electrons. The molecule has 0 unspecified atom stereocenters. The second-order valence-electron chi connectivity index (χ2n) is 6.85. The summed E-state index contributed by atoms with van der Waals surface area (Å²) in [6.45, 7) is 5.46. The van der Waals surface area contributed by atoms with Crippen LogP contribution < -0.4 is 5.48 Å². The van der Waals surface area contributed by atoms with E-state index in [-0.39, 0.29) is 22.7 Å². The Bertz CT molecular complexity index is 847. The summed E-state index contributed by atoms with van der Waals surface area (Å²) < 4.78 is 0. The lowest BCUT2D eigenvalue weighted by Crippen LogP contribution is -2.24. The van der Waals surface area contributed by atoms with Crippen LogP contribution in [-0.2, 0) is 4.84 Å². The van der Waals surface area contributed by atoms with Gasteiger partial charge < -0.3 is 5.11 Å². The normalized spacial score (nSPS) is 11.1. The molecule has 6 heteroatoms. The SMILES string of the molecule is CONC(=O)c1ccc(O)cc1C(=O)c1ccc(C(=O)C(C)(C)C)cc1. The van der Waals surface area contributed by atoms with Crippen LogP contribution in [0.4, 0.5) is 0 Å². The van der Waals surface area contributed by atoms with Crippen LogP contribution in [-0.4, -0.2) is 29.7 Å². The second kappa shape index (κ2) is 7.49. The van der Waals surface area contributed by atoms with Gasteiger partial charge in [0.05, 0.1) is 12.7 Å². The molecule has 2 aromatic rings. The Labute approximate surface area is 151 Å². The number of benzene rings is 2. The number of amides is 1. The molecule has 6 nitrogen and oxygen atoms in total. The topological polar surface area (TPSA) is 92.7 Å². The van der Waals surface area contributed by atoms with Crippen LogP contribution in [0.1, 0.15) is 57.4 Å². The summed E-state index contributed by atoms with van der Waals surface area (Å²) in [6, 6.07) is 10.1. The first kappa shape index (κ1) is 19.3. The van der Waals surface area contributed by atoms with Gasteiger partial charge in [-0.25, -0.2) is 5.48 Å². The van der Waals surface area contributed by atoms with Gasteiger partial charge in [-0.2, -0.15) is 0 Å². The molecule has 0 saturated heterocycles. The average molecular weight is 355 g/mol. The summed E-state index contributed by atoms with van der Waals surface area (Å²) in [5.74, 6) is -1.22. The van der Waals surface area contributed by atoms with Crippen molar-refractivity contribution in [3.8, 4) is 5.75 Å². The zero-order chi connectivity index (χ0) is 19.5. The zero-order valence-electron chi connectivity index (χ0n) is 15.1. The van der Waals surface area contributed by atoms with Gasteiger partial charge in [-0.1, -0.05) is 45.0 Å². The Balaban J connectivity index is 2.39. The predicted octanol–water partition coefficient (Wildman–Crippen LogP) is 3.14. The third-order valence-corrected chi connectivity index (χ3v) is 3.78. The second-order valence-corrected chi connectivity index (χ2v) is 6.85. The van der Waals surface area contributed by atoms with Crippen LogP contribution in [0.3, 0.4) is 0 Å². The minimum absolute atomic E-state index is 0.0333. The molecule has 0 aliphatic carbocycles. The summed E-state index contributed by atoms with van der Waals surface area (Å²) in [6.07, 6.45) is 0. The molecule has 0 saturated carbocycles. The molecule has 2 aromatic carbocycles. The van der Waals surface area contributed by atoms with Crippen molar-refractivity contribution < 1.29 is 24.3 Å². The molecule has 0 aromatic heterocycles. The molecule has 1 amide bonds. The van der Waals surface area contributed by atoms with E-state index < -0.39 is 17.1 Å². The molecule has 0 bridgehead atoms. The molecule has 0 atom stereocenters. The molecule has 2 rings (SSSR count). The van der Waals surface area contributed by atoms with Gasteiger partial charge in [-0.15, -0.1) is 0 Å². The van der Waals surface area contributed by atoms with Crippen molar-refractivity contribution in [2.75, 3.05) is 7.11 Å². The van der Waals surface area contributed by atoms with Gasteiger partial charge in [0, 0.05) is 22.1 Å². The first-order valence-corrected chi connectivity index (χ1v) is 8.01. The quantitative estimate of drug-likeness (QED) is 0.635. The molecule has 0 heterocycles. The lowest BCUT2D eigenvalue weighted by molar-refractivity contribution is 0.0535. The minimum atomic E-state index is -0.601. The third-order valence-electron chi connectivity index (χ3n) is 3.78. The fourth-order valence-electron chi connectivity index (χ4n) is 2.43. The van der Waals surface area contributed by atoms with Crippen LogP contribution in [0, 0.1) is 5.41 Å². The summed E-state index contributed by atoms with van der Waals surface area (Å²) in [4.78, 5) is 41.7.